The number of benzene rings is 2. The number of nitrogens with zero attached hydrogens (tertiary/aromatic N) is 3. The van der Waals surface area contributed by atoms with Gasteiger partial charge in [-0.1, -0.05) is 35.4 Å². The van der Waals surface area contributed by atoms with Crippen LogP contribution in [0, 0.1) is 13.8 Å². The average Bonchev–Trinajstić information content (AvgIpc) is 2.90. The number of halogens is 1. The number of likely N-dealkylation sites (N-methyl/N-ethyl adjacent to an activating group) is 1. The molecule has 1 fully saturated rings. The van der Waals surface area contributed by atoms with Gasteiger partial charge < -0.3 is 10.1 Å². The molecule has 39 heavy (non-hydrogen) atoms. The van der Waals surface area contributed by atoms with Gasteiger partial charge in [0, 0.05) is 50.0 Å². The number of aryl methyl sites for hydroxylation is 2. The van der Waals surface area contributed by atoms with Gasteiger partial charge in [0.2, 0.25) is 10.0 Å². The zero-order valence-electron chi connectivity index (χ0n) is 22.7. The summed E-state index contributed by atoms with van der Waals surface area (Å²) >= 11 is 5.93. The first kappa shape index (κ1) is 29.1. The summed E-state index contributed by atoms with van der Waals surface area (Å²) in [5.41, 5.74) is 3.81. The van der Waals surface area contributed by atoms with E-state index in [1.807, 2.05) is 39.0 Å². The van der Waals surface area contributed by atoms with E-state index in [1.165, 1.54) is 16.4 Å². The van der Waals surface area contributed by atoms with Crippen molar-refractivity contribution in [2.24, 2.45) is 0 Å². The molecular weight excluding hydrogens is 540 g/mol. The molecule has 0 aromatic heterocycles. The maximum absolute atomic E-state index is 13.4. The van der Waals surface area contributed by atoms with Crippen molar-refractivity contribution in [1.29, 1.82) is 0 Å². The van der Waals surface area contributed by atoms with Gasteiger partial charge in [-0.3, -0.25) is 9.80 Å². The average molecular weight is 575 g/mol. The number of urea groups is 1. The van der Waals surface area contributed by atoms with Crippen molar-refractivity contribution in [2.75, 3.05) is 45.9 Å². The molecule has 11 heteroatoms. The van der Waals surface area contributed by atoms with E-state index in [2.05, 4.69) is 10.2 Å². The largest absolute Gasteiger partial charge is 0.463 e. The van der Waals surface area contributed by atoms with E-state index < -0.39 is 22.0 Å². The molecule has 210 valence electrons. The van der Waals surface area contributed by atoms with Crippen molar-refractivity contribution < 1.29 is 22.7 Å². The minimum Gasteiger partial charge on any atom is -0.463 e. The summed E-state index contributed by atoms with van der Waals surface area (Å²) < 4.78 is 33.2. The van der Waals surface area contributed by atoms with E-state index >= 15 is 0 Å². The summed E-state index contributed by atoms with van der Waals surface area (Å²) in [7, 11) is -3.66. The number of nitrogens with one attached hydrogen (secondary N) is 1. The summed E-state index contributed by atoms with van der Waals surface area (Å²) in [6, 6.07) is 11.2. The van der Waals surface area contributed by atoms with Gasteiger partial charge in [0.05, 0.1) is 23.1 Å². The predicted octanol–water partition coefficient (Wildman–Crippen LogP) is 3.87. The highest BCUT2D eigenvalue weighted by atomic mass is 35.5. The lowest BCUT2D eigenvalue weighted by Gasteiger charge is -2.40. The second-order valence-corrected chi connectivity index (χ2v) is 12.1. The van der Waals surface area contributed by atoms with E-state index in [1.54, 1.807) is 24.0 Å². The zero-order chi connectivity index (χ0) is 28.3. The number of carbonyl (C=O) groups excluding carboxylic acids is 2. The third-order valence-corrected chi connectivity index (χ3v) is 9.32. The molecule has 1 atom stereocenters. The summed E-state index contributed by atoms with van der Waals surface area (Å²) in [5, 5.41) is 3.49. The molecule has 2 aliphatic rings. The number of carbonyl (C=O) groups is 2. The van der Waals surface area contributed by atoms with Crippen LogP contribution in [0.2, 0.25) is 5.02 Å². The molecule has 0 bridgehead atoms. The fourth-order valence-electron chi connectivity index (χ4n) is 5.06. The number of rotatable bonds is 8. The van der Waals surface area contributed by atoms with Crippen LogP contribution in [0.1, 0.15) is 36.6 Å². The van der Waals surface area contributed by atoms with Gasteiger partial charge in [0.1, 0.15) is 0 Å². The van der Waals surface area contributed by atoms with E-state index in [4.69, 9.17) is 16.3 Å². The van der Waals surface area contributed by atoms with Gasteiger partial charge >= 0.3 is 12.0 Å². The summed E-state index contributed by atoms with van der Waals surface area (Å²) in [6.45, 7) is 9.88. The van der Waals surface area contributed by atoms with E-state index in [0.29, 0.717) is 42.5 Å². The Kier molecular flexibility index (Phi) is 9.00. The Labute approximate surface area is 235 Å². The molecule has 2 amide bonds. The van der Waals surface area contributed by atoms with Gasteiger partial charge in [0.25, 0.3) is 0 Å². The van der Waals surface area contributed by atoms with Crippen LogP contribution in [0.25, 0.3) is 0 Å². The Bertz CT molecular complexity index is 1370. The highest BCUT2D eigenvalue weighted by Crippen LogP contribution is 2.34. The first-order chi connectivity index (χ1) is 18.6. The second-order valence-electron chi connectivity index (χ2n) is 9.70. The molecule has 4 rings (SSSR count). The molecule has 0 aliphatic carbocycles. The van der Waals surface area contributed by atoms with E-state index in [9.17, 15) is 18.0 Å². The van der Waals surface area contributed by atoms with Crippen LogP contribution >= 0.6 is 11.6 Å². The van der Waals surface area contributed by atoms with Gasteiger partial charge in [-0.2, -0.15) is 4.31 Å². The summed E-state index contributed by atoms with van der Waals surface area (Å²) in [5.74, 6) is -0.471. The second kappa shape index (κ2) is 12.1. The number of hydrogen-bond acceptors (Lipinski definition) is 6. The van der Waals surface area contributed by atoms with Gasteiger partial charge in [-0.25, -0.2) is 18.0 Å². The first-order valence-electron chi connectivity index (χ1n) is 13.1. The molecule has 2 heterocycles. The number of piperazine rings is 1. The molecule has 1 N–H and O–H groups in total. The standard InChI is InChI=1S/C28H35ClN4O5S/c1-5-33-24(18-31-13-15-32(16-14-31)39(36,37)22-11-9-21(29)10-12-22)25(27(34)38-6-2)26(30-28(33)35)23-17-19(3)7-8-20(23)4/h7-12,17,26H,5-6,13-16,18H2,1-4H3,(H,30,35). The maximum atomic E-state index is 13.4. The number of hydrogen-bond donors (Lipinski definition) is 1. The fourth-order valence-corrected chi connectivity index (χ4v) is 6.61. The van der Waals surface area contributed by atoms with Crippen LogP contribution in [-0.4, -0.2) is 80.4 Å². The van der Waals surface area contributed by atoms with Crippen molar-refractivity contribution in [1.82, 2.24) is 19.4 Å². The smallest absolute Gasteiger partial charge is 0.338 e. The SMILES string of the molecule is CCOC(=O)C1=C(CN2CCN(S(=O)(=O)c3ccc(Cl)cc3)CC2)N(CC)C(=O)NC1c1cc(C)ccc1C. The predicted molar refractivity (Wildman–Crippen MR) is 150 cm³/mol. The van der Waals surface area contributed by atoms with Crippen LogP contribution in [0.5, 0.6) is 0 Å². The Morgan fingerprint density at radius 2 is 1.72 bits per heavy atom. The third-order valence-electron chi connectivity index (χ3n) is 7.15. The highest BCUT2D eigenvalue weighted by molar-refractivity contribution is 7.89. The molecule has 1 unspecified atom stereocenters. The Morgan fingerprint density at radius 1 is 1.05 bits per heavy atom. The van der Waals surface area contributed by atoms with Crippen molar-refractivity contribution in [2.45, 2.75) is 38.6 Å². The topological polar surface area (TPSA) is 99.3 Å². The Morgan fingerprint density at radius 3 is 2.33 bits per heavy atom. The number of sulfonamides is 1. The normalized spacial score (nSPS) is 19.3. The van der Waals surface area contributed by atoms with Crippen molar-refractivity contribution in [3.05, 3.63) is 75.4 Å². The Hall–Kier alpha value is -2.92. The number of amides is 2. The molecule has 1 saturated heterocycles. The highest BCUT2D eigenvalue weighted by Gasteiger charge is 2.39. The van der Waals surface area contributed by atoms with Crippen LogP contribution in [0.15, 0.2) is 58.6 Å². The minimum atomic E-state index is -3.66. The van der Waals surface area contributed by atoms with Gasteiger partial charge in [-0.15, -0.1) is 0 Å². The monoisotopic (exact) mass is 574 g/mol. The molecule has 0 saturated carbocycles. The van der Waals surface area contributed by atoms with Crippen LogP contribution in [0.4, 0.5) is 4.79 Å². The lowest BCUT2D eigenvalue weighted by molar-refractivity contribution is -0.139. The molecule has 0 spiro atoms. The molecule has 9 nitrogen and oxygen atoms in total. The van der Waals surface area contributed by atoms with Crippen molar-refractivity contribution in [3.63, 3.8) is 0 Å². The van der Waals surface area contributed by atoms with Crippen LogP contribution < -0.4 is 5.32 Å². The minimum absolute atomic E-state index is 0.199. The van der Waals surface area contributed by atoms with Gasteiger partial charge in [0.15, 0.2) is 0 Å². The summed E-state index contributed by atoms with van der Waals surface area (Å²) in [4.78, 5) is 30.5. The first-order valence-corrected chi connectivity index (χ1v) is 14.9. The van der Waals surface area contributed by atoms with Crippen molar-refractivity contribution >= 4 is 33.6 Å². The zero-order valence-corrected chi connectivity index (χ0v) is 24.3. The molecular formula is C28H35ClN4O5S. The summed E-state index contributed by atoms with van der Waals surface area (Å²) in [6.07, 6.45) is 0. The third kappa shape index (κ3) is 6.14. The van der Waals surface area contributed by atoms with E-state index in [0.717, 1.165) is 16.7 Å². The lowest BCUT2D eigenvalue weighted by atomic mass is 9.90. The number of esters is 1. The maximum Gasteiger partial charge on any atom is 0.338 e. The quantitative estimate of drug-likeness (QED) is 0.481. The molecule has 2 aliphatic heterocycles. The van der Waals surface area contributed by atoms with Crippen LogP contribution in [-0.2, 0) is 19.6 Å². The Balaban J connectivity index is 1.64. The van der Waals surface area contributed by atoms with Gasteiger partial charge in [-0.05, 0) is 63.1 Å². The van der Waals surface area contributed by atoms with Crippen molar-refractivity contribution in [3.8, 4) is 0 Å². The van der Waals surface area contributed by atoms with E-state index in [-0.39, 0.29) is 30.6 Å². The molecule has 2 aromatic rings. The lowest BCUT2D eigenvalue weighted by Crippen LogP contribution is -2.53. The number of ether oxygens (including phenoxy) is 1. The molecule has 2 aromatic carbocycles. The molecule has 0 radical (unpaired) electrons. The van der Waals surface area contributed by atoms with Crippen LogP contribution in [0.3, 0.4) is 0 Å². The fraction of sp³-hybridized carbons (Fsp3) is 0.429.